The molecule has 6 heteroatoms. The van der Waals surface area contributed by atoms with Crippen LogP contribution in [0.15, 0.2) is 36.4 Å². The van der Waals surface area contributed by atoms with Crippen LogP contribution in [0.3, 0.4) is 0 Å². The SMILES string of the molecule is CCOC(=O)c1c(-c2ccccc2C2CCCNC2)c(C)n2c1-c1cc(OC)c(OC)cc1CC2. The largest absolute Gasteiger partial charge is 0.493 e. The van der Waals surface area contributed by atoms with Gasteiger partial charge in [-0.3, -0.25) is 0 Å². The summed E-state index contributed by atoms with van der Waals surface area (Å²) in [5.74, 6) is 1.50. The average Bonchev–Trinajstić information content (AvgIpc) is 3.21. The fourth-order valence-corrected chi connectivity index (χ4v) is 5.81. The molecule has 1 aromatic heterocycles. The van der Waals surface area contributed by atoms with E-state index in [1.807, 2.05) is 19.1 Å². The third kappa shape index (κ3) is 4.00. The molecule has 1 N–H and O–H groups in total. The number of rotatable bonds is 6. The number of ether oxygens (including phenoxy) is 3. The second kappa shape index (κ2) is 9.78. The summed E-state index contributed by atoms with van der Waals surface area (Å²) in [4.78, 5) is 13.6. The second-order valence-corrected chi connectivity index (χ2v) is 9.30. The maximum absolute atomic E-state index is 13.6. The van der Waals surface area contributed by atoms with E-state index in [4.69, 9.17) is 14.2 Å². The Labute approximate surface area is 207 Å². The molecule has 5 rings (SSSR count). The third-order valence-electron chi connectivity index (χ3n) is 7.44. The van der Waals surface area contributed by atoms with Crippen LogP contribution in [0.2, 0.25) is 0 Å². The van der Waals surface area contributed by atoms with Crippen LogP contribution in [0.25, 0.3) is 22.4 Å². The van der Waals surface area contributed by atoms with Crippen molar-refractivity contribution in [1.82, 2.24) is 9.88 Å². The van der Waals surface area contributed by atoms with Gasteiger partial charge in [-0.1, -0.05) is 24.3 Å². The third-order valence-corrected chi connectivity index (χ3v) is 7.44. The van der Waals surface area contributed by atoms with Crippen LogP contribution >= 0.6 is 0 Å². The number of carbonyl (C=O) groups is 1. The van der Waals surface area contributed by atoms with E-state index < -0.39 is 0 Å². The van der Waals surface area contributed by atoms with Crippen molar-refractivity contribution in [1.29, 1.82) is 0 Å². The van der Waals surface area contributed by atoms with Crippen molar-refractivity contribution in [2.45, 2.75) is 45.6 Å². The Morgan fingerprint density at radius 3 is 2.60 bits per heavy atom. The van der Waals surface area contributed by atoms with Crippen molar-refractivity contribution in [3.8, 4) is 33.9 Å². The van der Waals surface area contributed by atoms with Gasteiger partial charge in [0.05, 0.1) is 32.1 Å². The van der Waals surface area contributed by atoms with Crippen LogP contribution in [0.5, 0.6) is 11.5 Å². The smallest absolute Gasteiger partial charge is 0.340 e. The molecule has 3 heterocycles. The lowest BCUT2D eigenvalue weighted by Crippen LogP contribution is -2.28. The standard InChI is InChI=1S/C29H34N2O4/c1-5-35-29(32)27-26(22-11-7-6-10-21(22)20-9-8-13-30-17-20)18(2)31-14-12-19-15-24(33-3)25(34-4)16-23(19)28(27)31/h6-7,10-11,15-16,20,30H,5,8-9,12-14,17H2,1-4H3. The number of piperidine rings is 1. The molecule has 2 aromatic carbocycles. The number of fused-ring (bicyclic) bond motifs is 3. The molecule has 3 aromatic rings. The monoisotopic (exact) mass is 474 g/mol. The van der Waals surface area contributed by atoms with Gasteiger partial charge in [0, 0.05) is 29.9 Å². The highest BCUT2D eigenvalue weighted by Gasteiger charge is 2.33. The van der Waals surface area contributed by atoms with Gasteiger partial charge in [0.15, 0.2) is 11.5 Å². The maximum atomic E-state index is 13.6. The summed E-state index contributed by atoms with van der Waals surface area (Å²) in [5.41, 5.74) is 8.22. The van der Waals surface area contributed by atoms with Gasteiger partial charge in [0.25, 0.3) is 0 Å². The summed E-state index contributed by atoms with van der Waals surface area (Å²) in [7, 11) is 3.29. The molecule has 35 heavy (non-hydrogen) atoms. The Kier molecular flexibility index (Phi) is 6.56. The summed E-state index contributed by atoms with van der Waals surface area (Å²) in [6, 6.07) is 12.6. The van der Waals surface area contributed by atoms with Crippen molar-refractivity contribution >= 4 is 5.97 Å². The molecular weight excluding hydrogens is 440 g/mol. The average molecular weight is 475 g/mol. The summed E-state index contributed by atoms with van der Waals surface area (Å²) in [6.07, 6.45) is 3.16. The van der Waals surface area contributed by atoms with E-state index in [1.54, 1.807) is 14.2 Å². The first kappa shape index (κ1) is 23.5. The molecule has 2 aliphatic heterocycles. The number of nitrogens with zero attached hydrogens (tertiary/aromatic N) is 1. The fourth-order valence-electron chi connectivity index (χ4n) is 5.81. The van der Waals surface area contributed by atoms with Gasteiger partial charge in [-0.25, -0.2) is 4.79 Å². The minimum Gasteiger partial charge on any atom is -0.493 e. The molecule has 0 aliphatic carbocycles. The topological polar surface area (TPSA) is 61.7 Å². The molecule has 0 radical (unpaired) electrons. The Hall–Kier alpha value is -3.25. The highest BCUT2D eigenvalue weighted by molar-refractivity contribution is 6.06. The maximum Gasteiger partial charge on any atom is 0.340 e. The first-order valence-electron chi connectivity index (χ1n) is 12.5. The number of hydrogen-bond acceptors (Lipinski definition) is 5. The van der Waals surface area contributed by atoms with E-state index in [9.17, 15) is 4.79 Å². The molecule has 0 saturated carbocycles. The van der Waals surface area contributed by atoms with E-state index in [0.29, 0.717) is 29.6 Å². The van der Waals surface area contributed by atoms with Gasteiger partial charge in [-0.15, -0.1) is 0 Å². The first-order chi connectivity index (χ1) is 17.1. The molecule has 184 valence electrons. The van der Waals surface area contributed by atoms with E-state index in [0.717, 1.165) is 72.5 Å². The molecular formula is C29H34N2O4. The van der Waals surface area contributed by atoms with Gasteiger partial charge >= 0.3 is 5.97 Å². The van der Waals surface area contributed by atoms with Gasteiger partial charge in [-0.2, -0.15) is 0 Å². The Morgan fingerprint density at radius 1 is 1.11 bits per heavy atom. The number of hydrogen-bond donors (Lipinski definition) is 1. The molecule has 0 spiro atoms. The lowest BCUT2D eigenvalue weighted by molar-refractivity contribution is 0.0528. The molecule has 2 aliphatic rings. The van der Waals surface area contributed by atoms with Crippen molar-refractivity contribution in [2.75, 3.05) is 33.9 Å². The normalized spacial score (nSPS) is 16.9. The number of carbonyl (C=O) groups excluding carboxylic acids is 1. The Morgan fingerprint density at radius 2 is 1.89 bits per heavy atom. The number of nitrogens with one attached hydrogen (secondary N) is 1. The zero-order valence-corrected chi connectivity index (χ0v) is 21.1. The van der Waals surface area contributed by atoms with Gasteiger partial charge in [0.2, 0.25) is 0 Å². The molecule has 1 unspecified atom stereocenters. The van der Waals surface area contributed by atoms with Crippen LogP contribution in [-0.2, 0) is 17.7 Å². The number of esters is 1. The summed E-state index contributed by atoms with van der Waals surface area (Å²) in [5, 5.41) is 3.55. The van der Waals surface area contributed by atoms with E-state index in [-0.39, 0.29) is 5.97 Å². The second-order valence-electron chi connectivity index (χ2n) is 9.30. The highest BCUT2D eigenvalue weighted by atomic mass is 16.5. The zero-order chi connectivity index (χ0) is 24.5. The van der Waals surface area contributed by atoms with Gasteiger partial charge in [-0.05, 0) is 74.4 Å². The molecule has 6 nitrogen and oxygen atoms in total. The molecule has 1 fully saturated rings. The first-order valence-corrected chi connectivity index (χ1v) is 12.5. The van der Waals surface area contributed by atoms with Crippen molar-refractivity contribution in [2.24, 2.45) is 0 Å². The van der Waals surface area contributed by atoms with E-state index >= 15 is 0 Å². The quantitative estimate of drug-likeness (QED) is 0.488. The van der Waals surface area contributed by atoms with E-state index in [2.05, 4.69) is 41.1 Å². The lowest BCUT2D eigenvalue weighted by atomic mass is 9.84. The van der Waals surface area contributed by atoms with Crippen LogP contribution in [0, 0.1) is 6.92 Å². The predicted molar refractivity (Wildman–Crippen MR) is 138 cm³/mol. The van der Waals surface area contributed by atoms with E-state index in [1.165, 1.54) is 5.56 Å². The fraction of sp³-hybridized carbons (Fsp3) is 0.414. The van der Waals surface area contributed by atoms with Crippen LogP contribution < -0.4 is 14.8 Å². The van der Waals surface area contributed by atoms with Gasteiger partial charge < -0.3 is 24.1 Å². The predicted octanol–water partition coefficient (Wildman–Crippen LogP) is 5.35. The van der Waals surface area contributed by atoms with Crippen LogP contribution in [0.4, 0.5) is 0 Å². The molecule has 1 atom stereocenters. The number of methoxy groups -OCH3 is 2. The number of aryl methyl sites for hydroxylation is 1. The lowest BCUT2D eigenvalue weighted by Gasteiger charge is -2.25. The number of aromatic nitrogens is 1. The van der Waals surface area contributed by atoms with Gasteiger partial charge in [0.1, 0.15) is 0 Å². The minimum atomic E-state index is -0.279. The summed E-state index contributed by atoms with van der Waals surface area (Å²) >= 11 is 0. The summed E-state index contributed by atoms with van der Waals surface area (Å²) in [6.45, 7) is 7.13. The van der Waals surface area contributed by atoms with Crippen molar-refractivity contribution in [3.63, 3.8) is 0 Å². The van der Waals surface area contributed by atoms with Crippen molar-refractivity contribution in [3.05, 3.63) is 58.8 Å². The number of benzene rings is 2. The van der Waals surface area contributed by atoms with Crippen molar-refractivity contribution < 1.29 is 19.0 Å². The Balaban J connectivity index is 1.78. The minimum absolute atomic E-state index is 0.279. The molecule has 0 bridgehead atoms. The Bertz CT molecular complexity index is 1250. The van der Waals surface area contributed by atoms with Crippen LogP contribution in [0.1, 0.15) is 52.9 Å². The molecule has 0 amide bonds. The summed E-state index contributed by atoms with van der Waals surface area (Å²) < 4.78 is 19.1. The molecule has 1 saturated heterocycles. The highest BCUT2D eigenvalue weighted by Crippen LogP contribution is 2.46. The zero-order valence-electron chi connectivity index (χ0n) is 21.1. The van der Waals surface area contributed by atoms with Crippen LogP contribution in [-0.4, -0.2) is 44.5 Å².